The van der Waals surface area contributed by atoms with Crippen LogP contribution in [0.25, 0.3) is 11.1 Å². The fourth-order valence-corrected chi connectivity index (χ4v) is 3.00. The number of hydrogen-bond acceptors (Lipinski definition) is 4. The van der Waals surface area contributed by atoms with Crippen LogP contribution in [-0.4, -0.2) is 38.3 Å². The maximum absolute atomic E-state index is 6.18. The Morgan fingerprint density at radius 2 is 1.78 bits per heavy atom. The molecule has 0 amide bonds. The first kappa shape index (κ1) is 15.7. The molecule has 0 saturated carbocycles. The van der Waals surface area contributed by atoms with Crippen molar-refractivity contribution in [2.24, 2.45) is 0 Å². The number of nitrogen functional groups attached to an aromatic ring is 1. The third-order valence-electron chi connectivity index (χ3n) is 4.39. The quantitative estimate of drug-likeness (QED) is 0.879. The minimum atomic E-state index is 0.278. The summed E-state index contributed by atoms with van der Waals surface area (Å²) in [5, 5.41) is 0. The largest absolute Gasteiger partial charge is 0.496 e. The molecule has 122 valence electrons. The Bertz CT molecular complexity index is 664. The van der Waals surface area contributed by atoms with Crippen molar-refractivity contribution in [1.82, 2.24) is 4.90 Å². The Kier molecular flexibility index (Phi) is 4.72. The number of anilines is 1. The van der Waals surface area contributed by atoms with Gasteiger partial charge in [-0.15, -0.1) is 0 Å². The summed E-state index contributed by atoms with van der Waals surface area (Å²) in [6.07, 6.45) is 2.40. The predicted octanol–water partition coefficient (Wildman–Crippen LogP) is 3.42. The minimum Gasteiger partial charge on any atom is -0.496 e. The van der Waals surface area contributed by atoms with Gasteiger partial charge in [-0.05, 0) is 44.2 Å². The Labute approximate surface area is 137 Å². The van der Waals surface area contributed by atoms with Gasteiger partial charge in [0.25, 0.3) is 0 Å². The van der Waals surface area contributed by atoms with Gasteiger partial charge in [0.15, 0.2) is 0 Å². The summed E-state index contributed by atoms with van der Waals surface area (Å²) in [6, 6.07) is 13.8. The lowest BCUT2D eigenvalue weighted by molar-refractivity contribution is 0.114. The van der Waals surface area contributed by atoms with Crippen molar-refractivity contribution < 1.29 is 9.47 Å². The van der Waals surface area contributed by atoms with Gasteiger partial charge >= 0.3 is 0 Å². The van der Waals surface area contributed by atoms with Gasteiger partial charge in [0.2, 0.25) is 0 Å². The second kappa shape index (κ2) is 6.92. The van der Waals surface area contributed by atoms with Gasteiger partial charge in [-0.1, -0.05) is 18.2 Å². The van der Waals surface area contributed by atoms with Crippen LogP contribution in [0.15, 0.2) is 42.5 Å². The summed E-state index contributed by atoms with van der Waals surface area (Å²) in [5.74, 6) is 1.69. The zero-order chi connectivity index (χ0) is 16.2. The van der Waals surface area contributed by atoms with Crippen LogP contribution in [0.2, 0.25) is 0 Å². The van der Waals surface area contributed by atoms with Crippen LogP contribution in [0.3, 0.4) is 0 Å². The number of nitrogens with two attached hydrogens (primary N) is 1. The number of nitrogens with zero attached hydrogens (tertiary/aromatic N) is 1. The fraction of sp³-hybridized carbons (Fsp3) is 0.368. The summed E-state index contributed by atoms with van der Waals surface area (Å²) < 4.78 is 11.6. The third-order valence-corrected chi connectivity index (χ3v) is 4.39. The average molecular weight is 312 g/mol. The van der Waals surface area contributed by atoms with E-state index in [9.17, 15) is 0 Å². The number of likely N-dealkylation sites (tertiary alicyclic amines) is 1. The predicted molar refractivity (Wildman–Crippen MR) is 94.0 cm³/mol. The van der Waals surface area contributed by atoms with Gasteiger partial charge in [0, 0.05) is 29.9 Å². The molecule has 1 saturated heterocycles. The highest BCUT2D eigenvalue weighted by atomic mass is 16.5. The van der Waals surface area contributed by atoms with E-state index in [2.05, 4.69) is 11.9 Å². The van der Waals surface area contributed by atoms with E-state index in [1.807, 2.05) is 42.5 Å². The first-order valence-electron chi connectivity index (χ1n) is 8.05. The first-order chi connectivity index (χ1) is 11.2. The molecule has 1 fully saturated rings. The molecule has 0 radical (unpaired) electrons. The van der Waals surface area contributed by atoms with Crippen molar-refractivity contribution in [2.75, 3.05) is 33.0 Å². The van der Waals surface area contributed by atoms with Crippen molar-refractivity contribution in [3.63, 3.8) is 0 Å². The van der Waals surface area contributed by atoms with Crippen LogP contribution < -0.4 is 15.2 Å². The van der Waals surface area contributed by atoms with Crippen LogP contribution in [0, 0.1) is 0 Å². The molecule has 1 aliphatic rings. The van der Waals surface area contributed by atoms with Gasteiger partial charge in [-0.3, -0.25) is 0 Å². The lowest BCUT2D eigenvalue weighted by Gasteiger charge is -2.29. The first-order valence-corrected chi connectivity index (χ1v) is 8.05. The summed E-state index contributed by atoms with van der Waals surface area (Å²) in [7, 11) is 3.83. The molecule has 0 unspecified atom stereocenters. The van der Waals surface area contributed by atoms with E-state index in [-0.39, 0.29) is 6.10 Å². The molecule has 23 heavy (non-hydrogen) atoms. The molecule has 1 aliphatic heterocycles. The Morgan fingerprint density at radius 1 is 1.04 bits per heavy atom. The SMILES string of the molecule is COc1ccccc1-c1cc(OC2CCN(C)CC2)ccc1N. The monoisotopic (exact) mass is 312 g/mol. The van der Waals surface area contributed by atoms with Crippen LogP contribution in [0.5, 0.6) is 11.5 Å². The standard InChI is InChI=1S/C19H24N2O2/c1-21-11-9-14(10-12-21)23-15-7-8-18(20)17(13-15)16-5-3-4-6-19(16)22-2/h3-8,13-14H,9-12,20H2,1-2H3. The third kappa shape index (κ3) is 3.59. The van der Waals surface area contributed by atoms with Gasteiger partial charge in [-0.2, -0.15) is 0 Å². The van der Waals surface area contributed by atoms with Crippen molar-refractivity contribution in [1.29, 1.82) is 0 Å². The normalized spacial score (nSPS) is 16.3. The number of benzene rings is 2. The van der Waals surface area contributed by atoms with E-state index in [1.165, 1.54) is 0 Å². The van der Waals surface area contributed by atoms with Crippen molar-refractivity contribution >= 4 is 5.69 Å². The summed E-state index contributed by atoms with van der Waals surface area (Å²) in [4.78, 5) is 2.34. The zero-order valence-electron chi connectivity index (χ0n) is 13.8. The molecule has 0 atom stereocenters. The van der Waals surface area contributed by atoms with Crippen LogP contribution >= 0.6 is 0 Å². The van der Waals surface area contributed by atoms with E-state index in [0.29, 0.717) is 0 Å². The summed E-state index contributed by atoms with van der Waals surface area (Å²) in [5.41, 5.74) is 8.84. The molecule has 4 heteroatoms. The average Bonchev–Trinajstić information content (AvgIpc) is 2.58. The number of piperidine rings is 1. The molecular weight excluding hydrogens is 288 g/mol. The van der Waals surface area contributed by atoms with E-state index < -0.39 is 0 Å². The molecule has 2 aromatic carbocycles. The molecule has 0 bridgehead atoms. The zero-order valence-corrected chi connectivity index (χ0v) is 13.8. The number of hydrogen-bond donors (Lipinski definition) is 1. The van der Waals surface area contributed by atoms with E-state index in [4.69, 9.17) is 15.2 Å². The van der Waals surface area contributed by atoms with E-state index in [1.54, 1.807) is 7.11 Å². The van der Waals surface area contributed by atoms with Crippen LogP contribution in [0.1, 0.15) is 12.8 Å². The second-order valence-corrected chi connectivity index (χ2v) is 6.07. The van der Waals surface area contributed by atoms with E-state index >= 15 is 0 Å². The van der Waals surface area contributed by atoms with Gasteiger partial charge in [0.05, 0.1) is 7.11 Å². The van der Waals surface area contributed by atoms with Crippen LogP contribution in [0.4, 0.5) is 5.69 Å². The molecule has 0 aromatic heterocycles. The molecule has 3 rings (SSSR count). The van der Waals surface area contributed by atoms with Crippen molar-refractivity contribution in [3.05, 3.63) is 42.5 Å². The van der Waals surface area contributed by atoms with Gasteiger partial charge in [-0.25, -0.2) is 0 Å². The second-order valence-electron chi connectivity index (χ2n) is 6.07. The topological polar surface area (TPSA) is 47.7 Å². The lowest BCUT2D eigenvalue weighted by atomic mass is 10.0. The Balaban J connectivity index is 1.84. The molecule has 1 heterocycles. The number of ether oxygens (including phenoxy) is 2. The highest BCUT2D eigenvalue weighted by molar-refractivity contribution is 5.81. The minimum absolute atomic E-state index is 0.278. The highest BCUT2D eigenvalue weighted by Gasteiger charge is 2.18. The fourth-order valence-electron chi connectivity index (χ4n) is 3.00. The van der Waals surface area contributed by atoms with E-state index in [0.717, 1.165) is 54.2 Å². The Morgan fingerprint density at radius 3 is 2.52 bits per heavy atom. The molecular formula is C19H24N2O2. The van der Waals surface area contributed by atoms with Gasteiger partial charge < -0.3 is 20.1 Å². The number of methoxy groups -OCH3 is 1. The van der Waals surface area contributed by atoms with Crippen molar-refractivity contribution in [2.45, 2.75) is 18.9 Å². The summed E-state index contributed by atoms with van der Waals surface area (Å²) >= 11 is 0. The Hall–Kier alpha value is -2.20. The van der Waals surface area contributed by atoms with Crippen LogP contribution in [-0.2, 0) is 0 Å². The number of para-hydroxylation sites is 1. The smallest absolute Gasteiger partial charge is 0.126 e. The maximum atomic E-state index is 6.18. The summed E-state index contributed by atoms with van der Waals surface area (Å²) in [6.45, 7) is 2.16. The maximum Gasteiger partial charge on any atom is 0.126 e. The highest BCUT2D eigenvalue weighted by Crippen LogP contribution is 2.36. The van der Waals surface area contributed by atoms with Gasteiger partial charge in [0.1, 0.15) is 17.6 Å². The molecule has 2 N–H and O–H groups in total. The molecule has 2 aromatic rings. The van der Waals surface area contributed by atoms with Crippen molar-refractivity contribution in [3.8, 4) is 22.6 Å². The molecule has 4 nitrogen and oxygen atoms in total. The molecule has 0 spiro atoms. The molecule has 0 aliphatic carbocycles. The lowest BCUT2D eigenvalue weighted by Crippen LogP contribution is -2.35. The number of rotatable bonds is 4.